The van der Waals surface area contributed by atoms with E-state index in [1.165, 1.54) is 0 Å². The maximum atomic E-state index is 6.36. The molecule has 21 heavy (non-hydrogen) atoms. The summed E-state index contributed by atoms with van der Waals surface area (Å²) in [4.78, 5) is 11.8. The van der Waals surface area contributed by atoms with E-state index in [1.54, 1.807) is 12.5 Å². The van der Waals surface area contributed by atoms with Crippen molar-refractivity contribution in [2.75, 3.05) is 0 Å². The third-order valence-electron chi connectivity index (χ3n) is 3.52. The Kier molecular flexibility index (Phi) is 3.69. The molecule has 0 amide bonds. The van der Waals surface area contributed by atoms with Crippen LogP contribution in [-0.2, 0) is 6.42 Å². The fourth-order valence-electron chi connectivity index (χ4n) is 2.61. The number of aromatic amines is 1. The molecule has 0 saturated carbocycles. The Morgan fingerprint density at radius 3 is 2.86 bits per heavy atom. The monoisotopic (exact) mass is 303 g/mol. The first kappa shape index (κ1) is 14.1. The van der Waals surface area contributed by atoms with Gasteiger partial charge in [0.25, 0.3) is 0 Å². The fraction of sp³-hybridized carbons (Fsp3) is 0.333. The number of rotatable bonds is 4. The summed E-state index contributed by atoms with van der Waals surface area (Å²) >= 11 is 6.11. The van der Waals surface area contributed by atoms with Crippen LogP contribution in [0.1, 0.15) is 37.4 Å². The summed E-state index contributed by atoms with van der Waals surface area (Å²) in [6.07, 6.45) is 4.12. The number of H-pyrrole nitrogens is 1. The lowest BCUT2D eigenvalue weighted by Gasteiger charge is -2.17. The van der Waals surface area contributed by atoms with Gasteiger partial charge >= 0.3 is 0 Å². The second-order valence-electron chi connectivity index (χ2n) is 5.45. The number of fused-ring (bicyclic) bond motifs is 1. The minimum atomic E-state index is -0.195. The van der Waals surface area contributed by atoms with Crippen molar-refractivity contribution >= 4 is 22.6 Å². The molecule has 0 fully saturated rings. The van der Waals surface area contributed by atoms with Crippen LogP contribution < -0.4 is 5.73 Å². The molecule has 2 heterocycles. The number of nitrogens with one attached hydrogen (secondary N) is 1. The smallest absolute Gasteiger partial charge is 0.127 e. The summed E-state index contributed by atoms with van der Waals surface area (Å²) in [5, 5.41) is 0.706. The van der Waals surface area contributed by atoms with Crippen LogP contribution in [0.15, 0.2) is 30.7 Å². The van der Waals surface area contributed by atoms with Gasteiger partial charge in [0.1, 0.15) is 5.82 Å². The van der Waals surface area contributed by atoms with E-state index in [0.29, 0.717) is 11.4 Å². The standard InChI is InChI=1S/C15H18ClN5/c1-9(2)21-14-5-10(16)3-4-13(14)20-15(21)12(17)6-11-7-18-8-19-11/h3-5,7-9,12H,6,17H2,1-2H3,(H,18,19). The van der Waals surface area contributed by atoms with Gasteiger partial charge in [0.2, 0.25) is 0 Å². The molecule has 3 N–H and O–H groups in total. The predicted molar refractivity (Wildman–Crippen MR) is 84.3 cm³/mol. The molecule has 5 nitrogen and oxygen atoms in total. The van der Waals surface area contributed by atoms with Crippen molar-refractivity contribution in [1.82, 2.24) is 19.5 Å². The van der Waals surface area contributed by atoms with Gasteiger partial charge in [-0.05, 0) is 32.0 Å². The van der Waals surface area contributed by atoms with Crippen LogP contribution in [0.2, 0.25) is 5.02 Å². The lowest BCUT2D eigenvalue weighted by molar-refractivity contribution is 0.538. The quantitative estimate of drug-likeness (QED) is 0.777. The molecule has 0 aliphatic heterocycles. The molecule has 110 valence electrons. The molecular formula is C15H18ClN5. The van der Waals surface area contributed by atoms with E-state index in [-0.39, 0.29) is 12.1 Å². The molecule has 0 aliphatic rings. The maximum Gasteiger partial charge on any atom is 0.127 e. The highest BCUT2D eigenvalue weighted by molar-refractivity contribution is 6.31. The molecule has 0 saturated heterocycles. The molecule has 6 heteroatoms. The number of aromatic nitrogens is 4. The summed E-state index contributed by atoms with van der Waals surface area (Å²) in [7, 11) is 0. The number of imidazole rings is 2. The Balaban J connectivity index is 2.06. The third-order valence-corrected chi connectivity index (χ3v) is 3.76. The molecule has 3 rings (SSSR count). The van der Waals surface area contributed by atoms with Gasteiger partial charge in [-0.3, -0.25) is 0 Å². The zero-order chi connectivity index (χ0) is 15.0. The number of benzene rings is 1. The van der Waals surface area contributed by atoms with E-state index in [0.717, 1.165) is 22.6 Å². The van der Waals surface area contributed by atoms with Gasteiger partial charge in [0.05, 0.1) is 23.4 Å². The molecular weight excluding hydrogens is 286 g/mol. The average molecular weight is 304 g/mol. The Morgan fingerprint density at radius 1 is 1.38 bits per heavy atom. The Morgan fingerprint density at radius 2 is 2.19 bits per heavy atom. The SMILES string of the molecule is CC(C)n1c(C(N)Cc2cnc[nH]2)nc2ccc(Cl)cc21. The minimum absolute atomic E-state index is 0.195. The third kappa shape index (κ3) is 2.66. The normalized spacial score (nSPS) is 13.2. The highest BCUT2D eigenvalue weighted by Crippen LogP contribution is 2.27. The first-order valence-electron chi connectivity index (χ1n) is 6.96. The fourth-order valence-corrected chi connectivity index (χ4v) is 2.78. The van der Waals surface area contributed by atoms with Gasteiger partial charge in [0, 0.05) is 29.4 Å². The van der Waals surface area contributed by atoms with Gasteiger partial charge in [-0.2, -0.15) is 0 Å². The molecule has 2 aromatic heterocycles. The maximum absolute atomic E-state index is 6.36. The van der Waals surface area contributed by atoms with E-state index in [1.807, 2.05) is 18.2 Å². The predicted octanol–water partition coefficient (Wildman–Crippen LogP) is 3.24. The van der Waals surface area contributed by atoms with Gasteiger partial charge in [-0.25, -0.2) is 9.97 Å². The van der Waals surface area contributed by atoms with Gasteiger partial charge in [-0.15, -0.1) is 0 Å². The van der Waals surface area contributed by atoms with E-state index in [9.17, 15) is 0 Å². The van der Waals surface area contributed by atoms with Crippen molar-refractivity contribution in [3.63, 3.8) is 0 Å². The molecule has 1 aromatic carbocycles. The number of hydrogen-bond acceptors (Lipinski definition) is 3. The summed E-state index contributed by atoms with van der Waals surface area (Å²) < 4.78 is 2.16. The van der Waals surface area contributed by atoms with Crippen molar-refractivity contribution in [3.8, 4) is 0 Å². The van der Waals surface area contributed by atoms with Crippen molar-refractivity contribution in [2.24, 2.45) is 5.73 Å². The second-order valence-corrected chi connectivity index (χ2v) is 5.89. The van der Waals surface area contributed by atoms with E-state index in [4.69, 9.17) is 22.3 Å². The molecule has 0 spiro atoms. The summed E-state index contributed by atoms with van der Waals surface area (Å²) in [6, 6.07) is 5.79. The molecule has 3 aromatic rings. The first-order chi connectivity index (χ1) is 10.1. The zero-order valence-electron chi connectivity index (χ0n) is 12.0. The average Bonchev–Trinajstić information content (AvgIpc) is 3.04. The van der Waals surface area contributed by atoms with Crippen LogP contribution in [0.25, 0.3) is 11.0 Å². The Bertz CT molecular complexity index is 745. The molecule has 0 aliphatic carbocycles. The van der Waals surface area contributed by atoms with Crippen LogP contribution >= 0.6 is 11.6 Å². The van der Waals surface area contributed by atoms with E-state index < -0.39 is 0 Å². The Hall–Kier alpha value is -1.85. The van der Waals surface area contributed by atoms with Crippen LogP contribution in [0.4, 0.5) is 0 Å². The first-order valence-corrected chi connectivity index (χ1v) is 7.34. The van der Waals surface area contributed by atoms with Gasteiger partial charge in [-0.1, -0.05) is 11.6 Å². The van der Waals surface area contributed by atoms with Gasteiger partial charge < -0.3 is 15.3 Å². The molecule has 0 radical (unpaired) electrons. The highest BCUT2D eigenvalue weighted by Gasteiger charge is 2.19. The van der Waals surface area contributed by atoms with Crippen LogP contribution in [0.3, 0.4) is 0 Å². The number of nitrogens with two attached hydrogens (primary N) is 1. The van der Waals surface area contributed by atoms with Crippen molar-refractivity contribution < 1.29 is 0 Å². The van der Waals surface area contributed by atoms with Gasteiger partial charge in [0.15, 0.2) is 0 Å². The second kappa shape index (κ2) is 5.50. The molecule has 1 unspecified atom stereocenters. The van der Waals surface area contributed by atoms with E-state index >= 15 is 0 Å². The highest BCUT2D eigenvalue weighted by atomic mass is 35.5. The number of nitrogens with zero attached hydrogens (tertiary/aromatic N) is 3. The summed E-state index contributed by atoms with van der Waals surface area (Å²) in [6.45, 7) is 4.24. The van der Waals surface area contributed by atoms with E-state index in [2.05, 4.69) is 28.4 Å². The van der Waals surface area contributed by atoms with Crippen molar-refractivity contribution in [3.05, 3.63) is 47.3 Å². The van der Waals surface area contributed by atoms with Crippen molar-refractivity contribution in [1.29, 1.82) is 0 Å². The lowest BCUT2D eigenvalue weighted by Crippen LogP contribution is -2.20. The minimum Gasteiger partial charge on any atom is -0.348 e. The number of halogens is 1. The van der Waals surface area contributed by atoms with Crippen molar-refractivity contribution in [2.45, 2.75) is 32.4 Å². The zero-order valence-corrected chi connectivity index (χ0v) is 12.8. The summed E-state index contributed by atoms with van der Waals surface area (Å²) in [5.74, 6) is 0.872. The summed E-state index contributed by atoms with van der Waals surface area (Å²) in [5.41, 5.74) is 9.31. The Labute approximate surface area is 128 Å². The molecule has 0 bridgehead atoms. The lowest BCUT2D eigenvalue weighted by atomic mass is 10.1. The number of hydrogen-bond donors (Lipinski definition) is 2. The molecule has 1 atom stereocenters. The topological polar surface area (TPSA) is 72.5 Å². The van der Waals surface area contributed by atoms with Crippen LogP contribution in [-0.4, -0.2) is 19.5 Å². The van der Waals surface area contributed by atoms with Crippen LogP contribution in [0, 0.1) is 0 Å². The van der Waals surface area contributed by atoms with Crippen LogP contribution in [0.5, 0.6) is 0 Å². The largest absolute Gasteiger partial charge is 0.348 e.